The van der Waals surface area contributed by atoms with E-state index < -0.39 is 29.8 Å². The average molecular weight is 371 g/mol. The highest BCUT2D eigenvalue weighted by atomic mass is 19.1. The molecule has 1 aromatic carbocycles. The second-order valence-corrected chi connectivity index (χ2v) is 7.48. The third kappa shape index (κ3) is 7.76. The number of nitrogens with two attached hydrogens (primary N) is 1. The molecule has 5 nitrogen and oxygen atoms in total. The highest BCUT2D eigenvalue weighted by molar-refractivity contribution is 5.82. The first-order chi connectivity index (χ1) is 12.1. The maximum Gasteiger partial charge on any atom is 0.237 e. The molecule has 1 aromatic rings. The summed E-state index contributed by atoms with van der Waals surface area (Å²) in [7, 11) is 0. The minimum Gasteiger partial charge on any atom is -0.390 e. The maximum absolute atomic E-state index is 13.2. The van der Waals surface area contributed by atoms with Gasteiger partial charge in [-0.25, -0.2) is 8.78 Å². The number of amides is 1. The van der Waals surface area contributed by atoms with Crippen LogP contribution in [0.3, 0.4) is 0 Å². The Bertz CT molecular complexity index is 562. The third-order valence-corrected chi connectivity index (χ3v) is 4.07. The van der Waals surface area contributed by atoms with Gasteiger partial charge in [-0.05, 0) is 36.0 Å². The molecule has 0 fully saturated rings. The lowest BCUT2D eigenvalue weighted by Gasteiger charge is -2.26. The monoisotopic (exact) mass is 371 g/mol. The molecule has 7 heteroatoms. The molecule has 0 aliphatic heterocycles. The Morgan fingerprint density at radius 3 is 2.19 bits per heavy atom. The summed E-state index contributed by atoms with van der Waals surface area (Å²) < 4.78 is 26.5. The Hall–Kier alpha value is -1.57. The van der Waals surface area contributed by atoms with E-state index in [1.54, 1.807) is 0 Å². The third-order valence-electron chi connectivity index (χ3n) is 4.07. The fourth-order valence-corrected chi connectivity index (χ4v) is 2.58. The van der Waals surface area contributed by atoms with E-state index in [9.17, 15) is 18.7 Å². The van der Waals surface area contributed by atoms with Crippen LogP contribution in [0.25, 0.3) is 0 Å². The van der Waals surface area contributed by atoms with Crippen molar-refractivity contribution in [3.05, 3.63) is 35.4 Å². The van der Waals surface area contributed by atoms with Crippen LogP contribution in [0.4, 0.5) is 8.78 Å². The molecular weight excluding hydrogens is 340 g/mol. The molecule has 5 N–H and O–H groups in total. The smallest absolute Gasteiger partial charge is 0.237 e. The Balaban J connectivity index is 2.58. The summed E-state index contributed by atoms with van der Waals surface area (Å²) in [5.74, 6) is -1.11. The number of rotatable bonds is 10. The van der Waals surface area contributed by atoms with E-state index in [1.165, 1.54) is 12.1 Å². The van der Waals surface area contributed by atoms with Crippen molar-refractivity contribution >= 4 is 5.91 Å². The topological polar surface area (TPSA) is 87.4 Å². The van der Waals surface area contributed by atoms with Crippen molar-refractivity contribution in [2.75, 3.05) is 13.1 Å². The van der Waals surface area contributed by atoms with Gasteiger partial charge < -0.3 is 21.5 Å². The van der Waals surface area contributed by atoms with Crippen molar-refractivity contribution in [3.8, 4) is 0 Å². The van der Waals surface area contributed by atoms with Gasteiger partial charge in [0, 0.05) is 25.2 Å². The van der Waals surface area contributed by atoms with Gasteiger partial charge in [-0.3, -0.25) is 4.79 Å². The molecule has 148 valence electrons. The number of benzene rings is 1. The van der Waals surface area contributed by atoms with Gasteiger partial charge in [0.2, 0.25) is 5.91 Å². The molecule has 0 bridgehead atoms. The maximum atomic E-state index is 13.2. The Kier molecular flexibility index (Phi) is 9.12. The van der Waals surface area contributed by atoms with Crippen molar-refractivity contribution in [2.45, 2.75) is 52.3 Å². The van der Waals surface area contributed by atoms with Crippen LogP contribution in [0.1, 0.15) is 33.3 Å². The molecule has 0 radical (unpaired) electrons. The van der Waals surface area contributed by atoms with Crippen LogP contribution in [0.5, 0.6) is 0 Å². The van der Waals surface area contributed by atoms with E-state index in [0.29, 0.717) is 18.0 Å². The van der Waals surface area contributed by atoms with Gasteiger partial charge >= 0.3 is 0 Å². The molecular formula is C19H31F2N3O2. The van der Waals surface area contributed by atoms with Crippen LogP contribution in [0.15, 0.2) is 18.2 Å². The number of aliphatic hydroxyl groups excluding tert-OH is 1. The minimum atomic E-state index is -0.958. The van der Waals surface area contributed by atoms with E-state index in [4.69, 9.17) is 5.73 Å². The van der Waals surface area contributed by atoms with Gasteiger partial charge in [0.25, 0.3) is 0 Å². The molecule has 0 aliphatic carbocycles. The van der Waals surface area contributed by atoms with Crippen LogP contribution in [-0.2, 0) is 11.2 Å². The van der Waals surface area contributed by atoms with Gasteiger partial charge in [0.1, 0.15) is 11.6 Å². The van der Waals surface area contributed by atoms with E-state index in [0.717, 1.165) is 6.07 Å². The van der Waals surface area contributed by atoms with Crippen LogP contribution in [-0.4, -0.2) is 42.3 Å². The summed E-state index contributed by atoms with van der Waals surface area (Å²) in [6.45, 7) is 8.53. The van der Waals surface area contributed by atoms with Gasteiger partial charge in [0.05, 0.1) is 12.1 Å². The van der Waals surface area contributed by atoms with Gasteiger partial charge in [0.15, 0.2) is 0 Å². The number of carbonyl (C=O) groups excluding carboxylic acids is 1. The van der Waals surface area contributed by atoms with Crippen molar-refractivity contribution < 1.29 is 18.7 Å². The Morgan fingerprint density at radius 1 is 1.12 bits per heavy atom. The normalized spacial score (nSPS) is 15.2. The first-order valence-corrected chi connectivity index (χ1v) is 8.99. The summed E-state index contributed by atoms with van der Waals surface area (Å²) in [4.78, 5) is 12.3. The van der Waals surface area contributed by atoms with Crippen molar-refractivity contribution in [2.24, 2.45) is 17.6 Å². The number of aliphatic hydroxyl groups is 1. The van der Waals surface area contributed by atoms with Crippen molar-refractivity contribution in [3.63, 3.8) is 0 Å². The van der Waals surface area contributed by atoms with Crippen molar-refractivity contribution in [1.82, 2.24) is 10.6 Å². The molecule has 0 saturated carbocycles. The lowest BCUT2D eigenvalue weighted by Crippen LogP contribution is -2.52. The van der Waals surface area contributed by atoms with Crippen LogP contribution in [0, 0.1) is 23.5 Å². The second-order valence-electron chi connectivity index (χ2n) is 7.48. The number of nitrogens with one attached hydrogen (secondary N) is 2. The molecule has 0 unspecified atom stereocenters. The summed E-state index contributed by atoms with van der Waals surface area (Å²) >= 11 is 0. The predicted molar refractivity (Wildman–Crippen MR) is 98.5 cm³/mol. The minimum absolute atomic E-state index is 0.0305. The van der Waals surface area contributed by atoms with E-state index >= 15 is 0 Å². The number of carbonyl (C=O) groups is 1. The molecule has 1 rings (SSSR count). The zero-order valence-corrected chi connectivity index (χ0v) is 15.9. The highest BCUT2D eigenvalue weighted by Crippen LogP contribution is 2.11. The molecule has 0 heterocycles. The van der Waals surface area contributed by atoms with Gasteiger partial charge in [-0.1, -0.05) is 27.7 Å². The zero-order valence-electron chi connectivity index (χ0n) is 15.9. The molecule has 26 heavy (non-hydrogen) atoms. The lowest BCUT2D eigenvalue weighted by molar-refractivity contribution is -0.124. The van der Waals surface area contributed by atoms with E-state index in [2.05, 4.69) is 10.6 Å². The average Bonchev–Trinajstić information content (AvgIpc) is 2.51. The SMILES string of the molecule is CC(C)CNC(=O)[C@H](NC[C@@H](O)[C@@H](N)Cc1cc(F)cc(F)c1)C(C)C. The first kappa shape index (κ1) is 22.5. The molecule has 0 aliphatic rings. The van der Waals surface area contributed by atoms with Crippen LogP contribution >= 0.6 is 0 Å². The lowest BCUT2D eigenvalue weighted by atomic mass is 9.99. The Labute approximate surface area is 154 Å². The van der Waals surface area contributed by atoms with E-state index in [1.807, 2.05) is 27.7 Å². The predicted octanol–water partition coefficient (Wildman–Crippen LogP) is 1.58. The molecule has 1 amide bonds. The van der Waals surface area contributed by atoms with Crippen molar-refractivity contribution in [1.29, 1.82) is 0 Å². The standard InChI is InChI=1S/C19H31F2N3O2/c1-11(2)9-24-19(26)18(12(3)4)23-10-17(25)16(22)7-13-5-14(20)8-15(21)6-13/h5-6,8,11-12,16-18,23,25H,7,9-10,22H2,1-4H3,(H,24,26)/t16-,17+,18+/m0/s1. The second kappa shape index (κ2) is 10.5. The number of hydrogen-bond donors (Lipinski definition) is 4. The number of hydrogen-bond acceptors (Lipinski definition) is 4. The summed E-state index contributed by atoms with van der Waals surface area (Å²) in [5, 5.41) is 16.2. The Morgan fingerprint density at radius 2 is 1.69 bits per heavy atom. The fraction of sp³-hybridized carbons (Fsp3) is 0.632. The quantitative estimate of drug-likeness (QED) is 0.503. The largest absolute Gasteiger partial charge is 0.390 e. The first-order valence-electron chi connectivity index (χ1n) is 8.99. The van der Waals surface area contributed by atoms with Gasteiger partial charge in [-0.15, -0.1) is 0 Å². The van der Waals surface area contributed by atoms with E-state index in [-0.39, 0.29) is 24.8 Å². The van der Waals surface area contributed by atoms with Crippen LogP contribution in [0.2, 0.25) is 0 Å². The summed E-state index contributed by atoms with van der Waals surface area (Å²) in [6, 6.07) is 2.01. The molecule has 0 saturated heterocycles. The number of halogens is 2. The zero-order chi connectivity index (χ0) is 19.9. The molecule has 3 atom stereocenters. The fourth-order valence-electron chi connectivity index (χ4n) is 2.58. The molecule has 0 aromatic heterocycles. The summed E-state index contributed by atoms with van der Waals surface area (Å²) in [5.41, 5.74) is 6.33. The molecule has 0 spiro atoms. The van der Waals surface area contributed by atoms with Gasteiger partial charge in [-0.2, -0.15) is 0 Å². The highest BCUT2D eigenvalue weighted by Gasteiger charge is 2.24. The van der Waals surface area contributed by atoms with Crippen LogP contribution < -0.4 is 16.4 Å². The summed E-state index contributed by atoms with van der Waals surface area (Å²) in [6.07, 6.45) is -0.830.